The van der Waals surface area contributed by atoms with E-state index in [-0.39, 0.29) is 6.42 Å². The lowest BCUT2D eigenvalue weighted by atomic mass is 10.2. The zero-order valence-electron chi connectivity index (χ0n) is 10.5. The Labute approximate surface area is 105 Å². The van der Waals surface area contributed by atoms with Gasteiger partial charge in [0.15, 0.2) is 0 Å². The van der Waals surface area contributed by atoms with E-state index in [0.717, 1.165) is 11.4 Å². The minimum atomic E-state index is -1.09. The molecule has 0 radical (unpaired) electrons. The molecule has 0 bridgehead atoms. The molecule has 6 nitrogen and oxygen atoms in total. The highest BCUT2D eigenvalue weighted by molar-refractivity contribution is 5.85. The molecule has 0 aliphatic heterocycles. The van der Waals surface area contributed by atoms with Crippen LogP contribution < -0.4 is 5.73 Å². The maximum absolute atomic E-state index is 11.8. The predicted molar refractivity (Wildman–Crippen MR) is 65.7 cm³/mol. The summed E-state index contributed by atoms with van der Waals surface area (Å²) < 4.78 is 0. The number of hydrogen-bond acceptors (Lipinski definition) is 4. The van der Waals surface area contributed by atoms with Crippen molar-refractivity contribution >= 4 is 11.9 Å². The second-order valence-electron chi connectivity index (χ2n) is 4.17. The van der Waals surface area contributed by atoms with Gasteiger partial charge in [0.2, 0.25) is 5.91 Å². The summed E-state index contributed by atoms with van der Waals surface area (Å²) >= 11 is 0. The van der Waals surface area contributed by atoms with Crippen molar-refractivity contribution in [2.45, 2.75) is 25.9 Å². The Kier molecular flexibility index (Phi) is 4.79. The fourth-order valence-corrected chi connectivity index (χ4v) is 1.57. The number of aliphatic carboxylic acids is 1. The Morgan fingerprint density at radius 1 is 1.50 bits per heavy atom. The van der Waals surface area contributed by atoms with Gasteiger partial charge in [0, 0.05) is 12.7 Å². The van der Waals surface area contributed by atoms with Crippen LogP contribution in [0.1, 0.15) is 17.8 Å². The number of carbonyl (C=O) groups is 2. The minimum absolute atomic E-state index is 0.313. The molecule has 1 heterocycles. The Morgan fingerprint density at radius 2 is 2.17 bits per heavy atom. The van der Waals surface area contributed by atoms with Gasteiger partial charge in [-0.2, -0.15) is 0 Å². The first-order chi connectivity index (χ1) is 8.40. The first-order valence-corrected chi connectivity index (χ1v) is 5.55. The molecule has 18 heavy (non-hydrogen) atoms. The van der Waals surface area contributed by atoms with Crippen molar-refractivity contribution in [3.63, 3.8) is 0 Å². The van der Waals surface area contributed by atoms with E-state index in [0.29, 0.717) is 6.54 Å². The number of amides is 1. The van der Waals surface area contributed by atoms with E-state index in [2.05, 4.69) is 4.98 Å². The number of rotatable bonds is 5. The van der Waals surface area contributed by atoms with Gasteiger partial charge < -0.3 is 15.7 Å². The maximum Gasteiger partial charge on any atom is 0.305 e. The van der Waals surface area contributed by atoms with Gasteiger partial charge in [0.05, 0.1) is 24.7 Å². The molecule has 1 amide bonds. The Morgan fingerprint density at radius 3 is 2.72 bits per heavy atom. The lowest BCUT2D eigenvalue weighted by Crippen LogP contribution is -2.42. The number of carbonyl (C=O) groups excluding carboxylic acids is 1. The average molecular weight is 251 g/mol. The number of likely N-dealkylation sites (N-methyl/N-ethyl adjacent to an activating group) is 1. The van der Waals surface area contributed by atoms with E-state index >= 15 is 0 Å². The van der Waals surface area contributed by atoms with Gasteiger partial charge in [-0.25, -0.2) is 0 Å². The highest BCUT2D eigenvalue weighted by Gasteiger charge is 2.20. The molecule has 0 saturated carbocycles. The molecule has 1 aromatic heterocycles. The molecular formula is C12H17N3O3. The van der Waals surface area contributed by atoms with Gasteiger partial charge in [-0.3, -0.25) is 14.6 Å². The topological polar surface area (TPSA) is 96.5 Å². The number of aryl methyl sites for hydroxylation is 1. The summed E-state index contributed by atoms with van der Waals surface area (Å²) in [4.78, 5) is 27.9. The van der Waals surface area contributed by atoms with Crippen molar-refractivity contribution in [2.75, 3.05) is 7.05 Å². The summed E-state index contributed by atoms with van der Waals surface area (Å²) in [5.41, 5.74) is 7.12. The van der Waals surface area contributed by atoms with Gasteiger partial charge in [0.1, 0.15) is 0 Å². The Hall–Kier alpha value is -1.95. The van der Waals surface area contributed by atoms with Crippen molar-refractivity contribution in [1.29, 1.82) is 0 Å². The van der Waals surface area contributed by atoms with E-state index < -0.39 is 17.9 Å². The number of aromatic nitrogens is 1. The summed E-state index contributed by atoms with van der Waals surface area (Å²) in [5, 5.41) is 8.58. The van der Waals surface area contributed by atoms with Crippen LogP contribution in [0, 0.1) is 6.92 Å². The highest BCUT2D eigenvalue weighted by Crippen LogP contribution is 2.04. The number of carboxylic acids is 1. The molecule has 0 aliphatic rings. The molecule has 0 saturated heterocycles. The summed E-state index contributed by atoms with van der Waals surface area (Å²) in [6.07, 6.45) is -0.371. The number of carboxylic acid groups (broad SMARTS) is 1. The third-order valence-electron chi connectivity index (χ3n) is 2.43. The quantitative estimate of drug-likeness (QED) is 0.776. The first-order valence-electron chi connectivity index (χ1n) is 5.55. The number of nitrogens with zero attached hydrogens (tertiary/aromatic N) is 2. The van der Waals surface area contributed by atoms with Gasteiger partial charge in [0.25, 0.3) is 0 Å². The van der Waals surface area contributed by atoms with Gasteiger partial charge >= 0.3 is 5.97 Å². The average Bonchev–Trinajstić information content (AvgIpc) is 2.27. The van der Waals surface area contributed by atoms with Crippen LogP contribution in [0.2, 0.25) is 0 Å². The Bertz CT molecular complexity index is 448. The molecule has 0 aromatic carbocycles. The van der Waals surface area contributed by atoms with Crippen molar-refractivity contribution in [3.05, 3.63) is 29.6 Å². The molecule has 0 aliphatic carbocycles. The minimum Gasteiger partial charge on any atom is -0.481 e. The highest BCUT2D eigenvalue weighted by atomic mass is 16.4. The van der Waals surface area contributed by atoms with E-state index in [1.165, 1.54) is 4.90 Å². The Balaban J connectivity index is 2.62. The van der Waals surface area contributed by atoms with Crippen LogP contribution in [0.4, 0.5) is 0 Å². The number of pyridine rings is 1. The fourth-order valence-electron chi connectivity index (χ4n) is 1.57. The van der Waals surface area contributed by atoms with Crippen molar-refractivity contribution in [3.8, 4) is 0 Å². The van der Waals surface area contributed by atoms with Crippen LogP contribution in [0.5, 0.6) is 0 Å². The van der Waals surface area contributed by atoms with E-state index in [9.17, 15) is 9.59 Å². The van der Waals surface area contributed by atoms with E-state index in [4.69, 9.17) is 10.8 Å². The lowest BCUT2D eigenvalue weighted by Gasteiger charge is -2.20. The van der Waals surface area contributed by atoms with Gasteiger partial charge in [-0.05, 0) is 19.1 Å². The van der Waals surface area contributed by atoms with Gasteiger partial charge in [-0.1, -0.05) is 6.07 Å². The van der Waals surface area contributed by atoms with Gasteiger partial charge in [-0.15, -0.1) is 0 Å². The van der Waals surface area contributed by atoms with Crippen LogP contribution in [0.25, 0.3) is 0 Å². The molecule has 1 aromatic rings. The van der Waals surface area contributed by atoms with Crippen LogP contribution in [0.3, 0.4) is 0 Å². The van der Waals surface area contributed by atoms with Crippen molar-refractivity contribution in [1.82, 2.24) is 9.88 Å². The zero-order valence-corrected chi connectivity index (χ0v) is 10.5. The standard InChI is InChI=1S/C12H17N3O3/c1-8-4-3-5-9(14-8)7-15(2)12(18)10(13)6-11(16)17/h3-5,10H,6-7,13H2,1-2H3,(H,16,17). The fraction of sp³-hybridized carbons (Fsp3) is 0.417. The largest absolute Gasteiger partial charge is 0.481 e. The summed E-state index contributed by atoms with van der Waals surface area (Å²) in [6.45, 7) is 2.18. The molecule has 1 unspecified atom stereocenters. The molecule has 6 heteroatoms. The third-order valence-corrected chi connectivity index (χ3v) is 2.43. The normalized spacial score (nSPS) is 11.9. The maximum atomic E-state index is 11.8. The molecule has 0 spiro atoms. The second-order valence-corrected chi connectivity index (χ2v) is 4.17. The molecule has 1 atom stereocenters. The van der Waals surface area contributed by atoms with Crippen molar-refractivity contribution < 1.29 is 14.7 Å². The van der Waals surface area contributed by atoms with Crippen LogP contribution in [0.15, 0.2) is 18.2 Å². The molecule has 1 rings (SSSR count). The third kappa shape index (κ3) is 4.14. The summed E-state index contributed by atoms with van der Waals surface area (Å²) in [5.74, 6) is -1.49. The summed E-state index contributed by atoms with van der Waals surface area (Å²) in [6, 6.07) is 4.51. The van der Waals surface area contributed by atoms with E-state index in [1.807, 2.05) is 19.1 Å². The van der Waals surface area contributed by atoms with Crippen LogP contribution >= 0.6 is 0 Å². The monoisotopic (exact) mass is 251 g/mol. The SMILES string of the molecule is Cc1cccc(CN(C)C(=O)C(N)CC(=O)O)n1. The second kappa shape index (κ2) is 6.11. The molecule has 98 valence electrons. The van der Waals surface area contributed by atoms with Crippen LogP contribution in [-0.2, 0) is 16.1 Å². The van der Waals surface area contributed by atoms with Crippen molar-refractivity contribution in [2.24, 2.45) is 5.73 Å². The molecular weight excluding hydrogens is 234 g/mol. The molecule has 3 N–H and O–H groups in total. The first kappa shape index (κ1) is 14.1. The smallest absolute Gasteiger partial charge is 0.305 e. The predicted octanol–water partition coefficient (Wildman–Crippen LogP) is 0.150. The van der Waals surface area contributed by atoms with Crippen LogP contribution in [-0.4, -0.2) is 40.0 Å². The zero-order chi connectivity index (χ0) is 13.7. The molecule has 0 fully saturated rings. The number of hydrogen-bond donors (Lipinski definition) is 2. The summed E-state index contributed by atoms with van der Waals surface area (Å²) in [7, 11) is 1.58. The lowest BCUT2D eigenvalue weighted by molar-refractivity contribution is -0.141. The van der Waals surface area contributed by atoms with E-state index in [1.54, 1.807) is 13.1 Å². The number of nitrogens with two attached hydrogens (primary N) is 1.